The smallest absolute Gasteiger partial charge is 0.298 e. The average molecular weight is 164 g/mol. The highest BCUT2D eigenvalue weighted by molar-refractivity contribution is 5.41. The zero-order valence-corrected chi connectivity index (χ0v) is 6.90. The molecule has 0 spiro atoms. The molecule has 2 heteroatoms. The van der Waals surface area contributed by atoms with Crippen molar-refractivity contribution in [2.75, 3.05) is 0 Å². The van der Waals surface area contributed by atoms with Crippen LogP contribution in [0.5, 0.6) is 0 Å². The number of rotatable bonds is 3. The Hall–Kier alpha value is -1.05. The molecule has 0 amide bonds. The molecule has 0 aliphatic heterocycles. The van der Waals surface area contributed by atoms with Crippen LogP contribution in [0.4, 0.5) is 0 Å². The van der Waals surface area contributed by atoms with Gasteiger partial charge in [0.25, 0.3) is 6.47 Å². The summed E-state index contributed by atoms with van der Waals surface area (Å²) in [6.45, 7) is 4.31. The first-order chi connectivity index (χ1) is 5.85. The third-order valence-corrected chi connectivity index (χ3v) is 2.90. The van der Waals surface area contributed by atoms with Crippen molar-refractivity contribution in [3.05, 3.63) is 24.5 Å². The summed E-state index contributed by atoms with van der Waals surface area (Å²) in [5.41, 5.74) is 0. The summed E-state index contributed by atoms with van der Waals surface area (Å²) < 4.78 is 4.90. The molecule has 2 rings (SSSR count). The van der Waals surface area contributed by atoms with Crippen molar-refractivity contribution in [3.8, 4) is 0 Å². The number of carbonyl (C=O) groups is 1. The van der Waals surface area contributed by atoms with Crippen LogP contribution in [0, 0.1) is 17.8 Å². The van der Waals surface area contributed by atoms with Gasteiger partial charge in [0, 0.05) is 5.92 Å². The first-order valence-electron chi connectivity index (χ1n) is 4.29. The Kier molecular flexibility index (Phi) is 1.75. The average Bonchev–Trinajstić information content (AvgIpc) is 2.62. The Morgan fingerprint density at radius 3 is 3.00 bits per heavy atom. The molecule has 2 bridgehead atoms. The summed E-state index contributed by atoms with van der Waals surface area (Å²) in [7, 11) is 0. The molecule has 0 heterocycles. The van der Waals surface area contributed by atoms with Gasteiger partial charge < -0.3 is 4.74 Å². The molecule has 0 N–H and O–H groups in total. The fourth-order valence-corrected chi connectivity index (χ4v) is 2.37. The summed E-state index contributed by atoms with van der Waals surface area (Å²) in [6.07, 6.45) is 6.38. The SMILES string of the molecule is C=CC1CC2C=C(OC=O)C1C2. The number of allylic oxidation sites excluding steroid dienone is 3. The summed E-state index contributed by atoms with van der Waals surface area (Å²) >= 11 is 0. The minimum absolute atomic E-state index is 0.428. The van der Waals surface area contributed by atoms with E-state index in [2.05, 4.69) is 12.7 Å². The van der Waals surface area contributed by atoms with E-state index >= 15 is 0 Å². The normalized spacial score (nSPS) is 37.7. The minimum atomic E-state index is 0.428. The van der Waals surface area contributed by atoms with Gasteiger partial charge in [0.05, 0.1) is 0 Å². The maximum atomic E-state index is 10.1. The second kappa shape index (κ2) is 2.77. The maximum absolute atomic E-state index is 10.1. The van der Waals surface area contributed by atoms with Crippen molar-refractivity contribution in [2.45, 2.75) is 12.8 Å². The lowest BCUT2D eigenvalue weighted by molar-refractivity contribution is -0.125. The number of ether oxygens (including phenoxy) is 1. The van der Waals surface area contributed by atoms with Crippen LogP contribution < -0.4 is 0 Å². The Bertz CT molecular complexity index is 242. The highest BCUT2D eigenvalue weighted by Crippen LogP contribution is 2.48. The van der Waals surface area contributed by atoms with E-state index in [1.807, 2.05) is 6.08 Å². The van der Waals surface area contributed by atoms with Crippen LogP contribution in [-0.2, 0) is 9.53 Å². The first kappa shape index (κ1) is 7.59. The summed E-state index contributed by atoms with van der Waals surface area (Å²) in [4.78, 5) is 10.1. The molecular weight excluding hydrogens is 152 g/mol. The summed E-state index contributed by atoms with van der Waals surface area (Å²) in [6, 6.07) is 0. The standard InChI is InChI=1S/C10H12O2/c1-2-8-3-7-4-9(8)10(5-7)12-6-11/h2,5-9H,1,3-4H2. The lowest BCUT2D eigenvalue weighted by atomic mass is 9.92. The Labute approximate surface area is 71.9 Å². The molecule has 3 atom stereocenters. The molecule has 1 saturated carbocycles. The van der Waals surface area contributed by atoms with E-state index in [1.165, 1.54) is 6.42 Å². The molecule has 12 heavy (non-hydrogen) atoms. The Balaban J connectivity index is 2.14. The van der Waals surface area contributed by atoms with Crippen molar-refractivity contribution in [3.63, 3.8) is 0 Å². The van der Waals surface area contributed by atoms with Gasteiger partial charge in [0.2, 0.25) is 0 Å². The van der Waals surface area contributed by atoms with Crippen LogP contribution in [-0.4, -0.2) is 6.47 Å². The van der Waals surface area contributed by atoms with Gasteiger partial charge in [-0.3, -0.25) is 4.79 Å². The molecule has 0 radical (unpaired) electrons. The fourth-order valence-electron chi connectivity index (χ4n) is 2.37. The van der Waals surface area contributed by atoms with E-state index in [-0.39, 0.29) is 0 Å². The van der Waals surface area contributed by atoms with E-state index < -0.39 is 0 Å². The van der Waals surface area contributed by atoms with Crippen LogP contribution in [0.2, 0.25) is 0 Å². The molecule has 2 aliphatic carbocycles. The Morgan fingerprint density at radius 2 is 2.42 bits per heavy atom. The maximum Gasteiger partial charge on any atom is 0.298 e. The van der Waals surface area contributed by atoms with Crippen molar-refractivity contribution >= 4 is 6.47 Å². The number of fused-ring (bicyclic) bond motifs is 2. The summed E-state index contributed by atoms with van der Waals surface area (Å²) in [5, 5.41) is 0. The van der Waals surface area contributed by atoms with Crippen LogP contribution >= 0.6 is 0 Å². The van der Waals surface area contributed by atoms with Gasteiger partial charge in [0.1, 0.15) is 5.76 Å². The van der Waals surface area contributed by atoms with Gasteiger partial charge in [-0.05, 0) is 30.8 Å². The zero-order valence-electron chi connectivity index (χ0n) is 6.90. The van der Waals surface area contributed by atoms with E-state index in [0.29, 0.717) is 24.2 Å². The molecule has 3 unspecified atom stereocenters. The second-order valence-corrected chi connectivity index (χ2v) is 3.52. The van der Waals surface area contributed by atoms with Gasteiger partial charge in [-0.25, -0.2) is 0 Å². The van der Waals surface area contributed by atoms with Crippen LogP contribution in [0.25, 0.3) is 0 Å². The van der Waals surface area contributed by atoms with Crippen molar-refractivity contribution in [1.29, 1.82) is 0 Å². The number of hydrogen-bond acceptors (Lipinski definition) is 2. The van der Waals surface area contributed by atoms with Crippen molar-refractivity contribution in [2.24, 2.45) is 17.8 Å². The van der Waals surface area contributed by atoms with Crippen LogP contribution in [0.3, 0.4) is 0 Å². The minimum Gasteiger partial charge on any atom is -0.433 e. The van der Waals surface area contributed by atoms with Gasteiger partial charge in [-0.2, -0.15) is 0 Å². The fraction of sp³-hybridized carbons (Fsp3) is 0.500. The van der Waals surface area contributed by atoms with Crippen molar-refractivity contribution in [1.82, 2.24) is 0 Å². The predicted molar refractivity (Wildman–Crippen MR) is 45.1 cm³/mol. The molecule has 2 nitrogen and oxygen atoms in total. The monoisotopic (exact) mass is 164 g/mol. The molecule has 1 fully saturated rings. The highest BCUT2D eigenvalue weighted by atomic mass is 16.5. The third-order valence-electron chi connectivity index (χ3n) is 2.90. The molecular formula is C10H12O2. The van der Waals surface area contributed by atoms with Gasteiger partial charge in [-0.15, -0.1) is 6.58 Å². The molecule has 0 aromatic carbocycles. The van der Waals surface area contributed by atoms with E-state index in [4.69, 9.17) is 4.74 Å². The number of carbonyl (C=O) groups excluding carboxylic acids is 1. The van der Waals surface area contributed by atoms with E-state index in [9.17, 15) is 4.79 Å². The van der Waals surface area contributed by atoms with Gasteiger partial charge in [-0.1, -0.05) is 6.08 Å². The molecule has 0 saturated heterocycles. The molecule has 2 aliphatic rings. The largest absolute Gasteiger partial charge is 0.433 e. The third kappa shape index (κ3) is 0.986. The molecule has 64 valence electrons. The van der Waals surface area contributed by atoms with Crippen LogP contribution in [0.15, 0.2) is 24.5 Å². The van der Waals surface area contributed by atoms with Gasteiger partial charge >= 0.3 is 0 Å². The van der Waals surface area contributed by atoms with Gasteiger partial charge in [0.15, 0.2) is 0 Å². The van der Waals surface area contributed by atoms with E-state index in [1.54, 1.807) is 0 Å². The lowest BCUT2D eigenvalue weighted by Crippen LogP contribution is -2.10. The Morgan fingerprint density at radius 1 is 1.58 bits per heavy atom. The zero-order chi connectivity index (χ0) is 8.55. The second-order valence-electron chi connectivity index (χ2n) is 3.52. The summed E-state index contributed by atoms with van der Waals surface area (Å²) in [5.74, 6) is 2.44. The highest BCUT2D eigenvalue weighted by Gasteiger charge is 2.40. The van der Waals surface area contributed by atoms with Crippen molar-refractivity contribution < 1.29 is 9.53 Å². The molecule has 0 aromatic rings. The topological polar surface area (TPSA) is 26.3 Å². The van der Waals surface area contributed by atoms with Crippen LogP contribution in [0.1, 0.15) is 12.8 Å². The van der Waals surface area contributed by atoms with E-state index in [0.717, 1.165) is 12.2 Å². The molecule has 0 aromatic heterocycles. The quantitative estimate of drug-likeness (QED) is 0.470. The predicted octanol–water partition coefficient (Wildman–Crippen LogP) is 1.89. The lowest BCUT2D eigenvalue weighted by Gasteiger charge is -2.18. The first-order valence-corrected chi connectivity index (χ1v) is 4.29. The number of hydrogen-bond donors (Lipinski definition) is 0.